The Morgan fingerprint density at radius 1 is 1.37 bits per heavy atom. The van der Waals surface area contributed by atoms with E-state index < -0.39 is 9.84 Å². The first-order valence-corrected chi connectivity index (χ1v) is 8.10. The summed E-state index contributed by atoms with van der Waals surface area (Å²) >= 11 is 0. The summed E-state index contributed by atoms with van der Waals surface area (Å²) in [5, 5.41) is 14.0. The smallest absolute Gasteiger partial charge is 0.315 e. The molecule has 7 nitrogen and oxygen atoms in total. The summed E-state index contributed by atoms with van der Waals surface area (Å²) < 4.78 is 28.1. The highest BCUT2D eigenvalue weighted by Gasteiger charge is 2.28. The average Bonchev–Trinajstić information content (AvgIpc) is 2.82. The van der Waals surface area contributed by atoms with Crippen LogP contribution in [0.4, 0.5) is 6.01 Å². The number of hydrogen-bond acceptors (Lipinski definition) is 7. The zero-order valence-corrected chi connectivity index (χ0v) is 12.2. The molecule has 8 heteroatoms. The van der Waals surface area contributed by atoms with Gasteiger partial charge in [0.25, 0.3) is 0 Å². The predicted octanol–water partition coefficient (Wildman–Crippen LogP) is 0.557. The maximum absolute atomic E-state index is 11.3. The molecule has 0 aromatic carbocycles. The maximum Gasteiger partial charge on any atom is 0.315 e. The molecule has 1 aliphatic rings. The van der Waals surface area contributed by atoms with E-state index in [0.717, 1.165) is 0 Å². The van der Waals surface area contributed by atoms with Crippen LogP contribution in [-0.4, -0.2) is 41.7 Å². The lowest BCUT2D eigenvalue weighted by atomic mass is 10.1. The number of nitrogens with one attached hydrogen (secondary N) is 2. The summed E-state index contributed by atoms with van der Waals surface area (Å²) in [7, 11) is -2.90. The van der Waals surface area contributed by atoms with Crippen LogP contribution in [0.25, 0.3) is 0 Å². The molecular formula is C11H20N4O3S. The van der Waals surface area contributed by atoms with E-state index >= 15 is 0 Å². The third-order valence-corrected chi connectivity index (χ3v) is 4.56. The molecule has 1 aromatic heterocycles. The molecule has 0 spiro atoms. The highest BCUT2D eigenvalue weighted by Crippen LogP contribution is 2.16. The molecule has 1 saturated heterocycles. The number of anilines is 1. The largest absolute Gasteiger partial charge is 0.407 e. The van der Waals surface area contributed by atoms with Crippen LogP contribution in [0.5, 0.6) is 0 Å². The van der Waals surface area contributed by atoms with Gasteiger partial charge in [-0.2, -0.15) is 0 Å². The highest BCUT2D eigenvalue weighted by atomic mass is 32.2. The van der Waals surface area contributed by atoms with E-state index in [9.17, 15) is 8.42 Å². The Hall–Kier alpha value is -1.15. The van der Waals surface area contributed by atoms with Crippen molar-refractivity contribution < 1.29 is 12.8 Å². The summed E-state index contributed by atoms with van der Waals surface area (Å²) in [6.07, 6.45) is 0.584. The first-order chi connectivity index (χ1) is 8.73. The predicted molar refractivity (Wildman–Crippen MR) is 71.6 cm³/mol. The Morgan fingerprint density at radius 3 is 2.68 bits per heavy atom. The van der Waals surface area contributed by atoms with Crippen molar-refractivity contribution in [2.75, 3.05) is 16.8 Å². The van der Waals surface area contributed by atoms with Crippen molar-refractivity contribution in [1.82, 2.24) is 15.5 Å². The molecule has 108 valence electrons. The van der Waals surface area contributed by atoms with Gasteiger partial charge in [-0.3, -0.25) is 0 Å². The third kappa shape index (κ3) is 4.46. The topological polar surface area (TPSA) is 97.1 Å². The molecule has 0 aliphatic carbocycles. The monoisotopic (exact) mass is 288 g/mol. The molecule has 0 saturated carbocycles. The highest BCUT2D eigenvalue weighted by molar-refractivity contribution is 7.91. The first-order valence-electron chi connectivity index (χ1n) is 6.28. The van der Waals surface area contributed by atoms with Gasteiger partial charge in [0.1, 0.15) is 0 Å². The van der Waals surface area contributed by atoms with E-state index in [0.29, 0.717) is 18.9 Å². The van der Waals surface area contributed by atoms with Gasteiger partial charge in [0.2, 0.25) is 5.89 Å². The molecule has 19 heavy (non-hydrogen) atoms. The van der Waals surface area contributed by atoms with Crippen LogP contribution < -0.4 is 10.6 Å². The zero-order valence-electron chi connectivity index (χ0n) is 11.4. The number of sulfone groups is 1. The molecule has 2 heterocycles. The first kappa shape index (κ1) is 14.3. The zero-order chi connectivity index (χ0) is 14.1. The minimum atomic E-state index is -2.90. The number of rotatable bonds is 4. The summed E-state index contributed by atoms with van der Waals surface area (Å²) in [5.74, 6) is 0.834. The van der Waals surface area contributed by atoms with Gasteiger partial charge in [-0.25, -0.2) is 8.42 Å². The van der Waals surface area contributed by atoms with Gasteiger partial charge in [0.15, 0.2) is 9.84 Å². The van der Waals surface area contributed by atoms with Crippen molar-refractivity contribution in [2.24, 2.45) is 0 Å². The Bertz CT molecular complexity index is 532. The number of aromatic nitrogens is 2. The van der Waals surface area contributed by atoms with E-state index in [1.54, 1.807) is 0 Å². The molecular weight excluding hydrogens is 268 g/mol. The van der Waals surface area contributed by atoms with Crippen LogP contribution in [-0.2, 0) is 16.4 Å². The van der Waals surface area contributed by atoms with Crippen molar-refractivity contribution in [2.45, 2.75) is 45.3 Å². The summed E-state index contributed by atoms with van der Waals surface area (Å²) in [5.41, 5.74) is -0.0262. The fraction of sp³-hybridized carbons (Fsp3) is 0.818. The van der Waals surface area contributed by atoms with Crippen LogP contribution in [0.1, 0.15) is 33.1 Å². The van der Waals surface area contributed by atoms with E-state index in [4.69, 9.17) is 4.42 Å². The second-order valence-corrected chi connectivity index (χ2v) is 8.08. The van der Waals surface area contributed by atoms with Crippen molar-refractivity contribution in [3.05, 3.63) is 5.89 Å². The standard InChI is InChI=1S/C11H20N4O3S/c1-11(2,3)12-6-9-14-15-10(18-9)13-8-4-5-19(16,17)7-8/h8,12H,4-7H2,1-3H3,(H,13,15). The van der Waals surface area contributed by atoms with Crippen molar-refractivity contribution in [3.63, 3.8) is 0 Å². The molecule has 2 N–H and O–H groups in total. The van der Waals surface area contributed by atoms with Gasteiger partial charge >= 0.3 is 6.01 Å². The molecule has 1 atom stereocenters. The van der Waals surface area contributed by atoms with Crippen molar-refractivity contribution in [1.29, 1.82) is 0 Å². The Morgan fingerprint density at radius 2 is 2.11 bits per heavy atom. The fourth-order valence-corrected chi connectivity index (χ4v) is 3.48. The molecule has 0 radical (unpaired) electrons. The molecule has 2 rings (SSSR count). The second-order valence-electron chi connectivity index (χ2n) is 5.85. The number of hydrogen-bond donors (Lipinski definition) is 2. The molecule has 0 amide bonds. The molecule has 1 aliphatic heterocycles. The van der Waals surface area contributed by atoms with Gasteiger partial charge in [-0.05, 0) is 27.2 Å². The third-order valence-electron chi connectivity index (χ3n) is 2.80. The van der Waals surface area contributed by atoms with E-state index in [1.165, 1.54) is 0 Å². The van der Waals surface area contributed by atoms with Gasteiger partial charge in [-0.1, -0.05) is 5.10 Å². The maximum atomic E-state index is 11.3. The lowest BCUT2D eigenvalue weighted by molar-refractivity contribution is 0.383. The Balaban J connectivity index is 1.88. The molecule has 1 aromatic rings. The minimum Gasteiger partial charge on any atom is -0.407 e. The van der Waals surface area contributed by atoms with E-state index in [1.807, 2.05) is 20.8 Å². The summed E-state index contributed by atoms with van der Waals surface area (Å²) in [6.45, 7) is 6.63. The normalized spacial score (nSPS) is 22.6. The van der Waals surface area contributed by atoms with Crippen molar-refractivity contribution in [3.8, 4) is 0 Å². The van der Waals surface area contributed by atoms with Crippen LogP contribution in [0.2, 0.25) is 0 Å². The molecule has 1 fully saturated rings. The molecule has 1 unspecified atom stereocenters. The van der Waals surface area contributed by atoms with Gasteiger partial charge in [-0.15, -0.1) is 5.10 Å². The van der Waals surface area contributed by atoms with Crippen LogP contribution in [0, 0.1) is 0 Å². The van der Waals surface area contributed by atoms with E-state index in [-0.39, 0.29) is 29.1 Å². The quantitative estimate of drug-likeness (QED) is 0.835. The van der Waals surface area contributed by atoms with Crippen LogP contribution >= 0.6 is 0 Å². The van der Waals surface area contributed by atoms with Crippen LogP contribution in [0.15, 0.2) is 4.42 Å². The van der Waals surface area contributed by atoms with Gasteiger partial charge in [0, 0.05) is 11.6 Å². The van der Waals surface area contributed by atoms with E-state index in [2.05, 4.69) is 20.8 Å². The molecule has 0 bridgehead atoms. The fourth-order valence-electron chi connectivity index (χ4n) is 1.81. The lowest BCUT2D eigenvalue weighted by Crippen LogP contribution is -2.35. The second kappa shape index (κ2) is 5.09. The average molecular weight is 288 g/mol. The lowest BCUT2D eigenvalue weighted by Gasteiger charge is -2.18. The minimum absolute atomic E-state index is 0.0262. The Labute approximate surface area is 113 Å². The number of nitrogens with zero attached hydrogens (tertiary/aromatic N) is 2. The Kier molecular flexibility index (Phi) is 3.82. The summed E-state index contributed by atoms with van der Waals surface area (Å²) in [6, 6.07) is 0.154. The van der Waals surface area contributed by atoms with Gasteiger partial charge < -0.3 is 15.1 Å². The summed E-state index contributed by atoms with van der Waals surface area (Å²) in [4.78, 5) is 0. The SMILES string of the molecule is CC(C)(C)NCc1nnc(NC2CCS(=O)(=O)C2)o1. The van der Waals surface area contributed by atoms with Gasteiger partial charge in [0.05, 0.1) is 18.1 Å². The van der Waals surface area contributed by atoms with Crippen molar-refractivity contribution >= 4 is 15.9 Å². The van der Waals surface area contributed by atoms with Crippen LogP contribution in [0.3, 0.4) is 0 Å².